The van der Waals surface area contributed by atoms with Crippen LogP contribution < -0.4 is 20.5 Å². The van der Waals surface area contributed by atoms with E-state index in [1.165, 1.54) is 0 Å². The molecule has 1 aliphatic heterocycles. The van der Waals surface area contributed by atoms with Crippen LogP contribution in [0.15, 0.2) is 18.2 Å². The van der Waals surface area contributed by atoms with Crippen LogP contribution in [0.2, 0.25) is 0 Å². The van der Waals surface area contributed by atoms with Crippen molar-refractivity contribution in [1.29, 1.82) is 0 Å². The van der Waals surface area contributed by atoms with Crippen LogP contribution in [0.1, 0.15) is 37.0 Å². The van der Waals surface area contributed by atoms with Gasteiger partial charge in [0.2, 0.25) is 5.91 Å². The van der Waals surface area contributed by atoms with Gasteiger partial charge in [0.1, 0.15) is 6.10 Å². The second-order valence-electron chi connectivity index (χ2n) is 6.46. The first-order valence-electron chi connectivity index (χ1n) is 8.56. The quantitative estimate of drug-likeness (QED) is 0.770. The number of piperidine rings is 1. The van der Waals surface area contributed by atoms with Crippen molar-refractivity contribution in [3.05, 3.63) is 23.8 Å². The smallest absolute Gasteiger partial charge is 0.251 e. The molecule has 1 aliphatic rings. The Morgan fingerprint density at radius 3 is 2.52 bits per heavy atom. The molecule has 0 bridgehead atoms. The Balaban J connectivity index is 2.04. The molecule has 138 valence electrons. The number of carbonyl (C=O) groups is 2. The van der Waals surface area contributed by atoms with E-state index >= 15 is 0 Å². The SMILES string of the molecule is COc1ccc(C(=O)NCC(N)=O)cc1OC1CCN(C(C)C)CC1. The van der Waals surface area contributed by atoms with E-state index in [9.17, 15) is 9.59 Å². The van der Waals surface area contributed by atoms with Crippen LogP contribution >= 0.6 is 0 Å². The van der Waals surface area contributed by atoms with E-state index in [0.29, 0.717) is 23.1 Å². The first-order chi connectivity index (χ1) is 11.9. The third kappa shape index (κ3) is 5.35. The molecule has 2 amide bonds. The predicted octanol–water partition coefficient (Wildman–Crippen LogP) is 1.16. The maximum absolute atomic E-state index is 12.1. The third-order valence-electron chi connectivity index (χ3n) is 4.35. The van der Waals surface area contributed by atoms with Gasteiger partial charge in [-0.1, -0.05) is 0 Å². The van der Waals surface area contributed by atoms with Gasteiger partial charge in [-0.15, -0.1) is 0 Å². The lowest BCUT2D eigenvalue weighted by molar-refractivity contribution is -0.117. The monoisotopic (exact) mass is 349 g/mol. The molecule has 0 unspecified atom stereocenters. The Morgan fingerprint density at radius 2 is 1.96 bits per heavy atom. The largest absolute Gasteiger partial charge is 0.493 e. The van der Waals surface area contributed by atoms with Crippen molar-refractivity contribution in [3.8, 4) is 11.5 Å². The molecule has 1 aromatic carbocycles. The summed E-state index contributed by atoms with van der Waals surface area (Å²) >= 11 is 0. The molecule has 7 nitrogen and oxygen atoms in total. The van der Waals surface area contributed by atoms with Gasteiger partial charge in [-0.3, -0.25) is 9.59 Å². The number of methoxy groups -OCH3 is 1. The molecular weight excluding hydrogens is 322 g/mol. The van der Waals surface area contributed by atoms with E-state index in [1.807, 2.05) is 0 Å². The van der Waals surface area contributed by atoms with Crippen molar-refractivity contribution in [2.45, 2.75) is 38.8 Å². The van der Waals surface area contributed by atoms with Gasteiger partial charge < -0.3 is 25.4 Å². The Bertz CT molecular complexity index is 610. The second-order valence-corrected chi connectivity index (χ2v) is 6.46. The highest BCUT2D eigenvalue weighted by Crippen LogP contribution is 2.31. The average Bonchev–Trinajstić information content (AvgIpc) is 2.60. The van der Waals surface area contributed by atoms with Gasteiger partial charge in [-0.05, 0) is 44.9 Å². The molecular formula is C18H27N3O4. The van der Waals surface area contributed by atoms with Crippen LogP contribution in [0, 0.1) is 0 Å². The molecule has 1 saturated heterocycles. The molecule has 0 atom stereocenters. The Kier molecular flexibility index (Phi) is 6.64. The number of hydrogen-bond acceptors (Lipinski definition) is 5. The molecule has 0 aliphatic carbocycles. The predicted molar refractivity (Wildman–Crippen MR) is 94.9 cm³/mol. The molecule has 0 radical (unpaired) electrons. The molecule has 0 saturated carbocycles. The van der Waals surface area contributed by atoms with Crippen LogP contribution in [0.4, 0.5) is 0 Å². The van der Waals surface area contributed by atoms with E-state index < -0.39 is 5.91 Å². The molecule has 0 aromatic heterocycles. The van der Waals surface area contributed by atoms with Gasteiger partial charge in [-0.2, -0.15) is 0 Å². The summed E-state index contributed by atoms with van der Waals surface area (Å²) in [6, 6.07) is 5.50. The number of primary amides is 1. The summed E-state index contributed by atoms with van der Waals surface area (Å²) in [5, 5.41) is 2.47. The van der Waals surface area contributed by atoms with E-state index in [2.05, 4.69) is 24.1 Å². The standard InChI is InChI=1S/C18H27N3O4/c1-12(2)21-8-6-14(7-9-21)25-16-10-13(4-5-15(16)24-3)18(23)20-11-17(19)22/h4-5,10,12,14H,6-9,11H2,1-3H3,(H2,19,22)(H,20,23). The molecule has 0 spiro atoms. The van der Waals surface area contributed by atoms with E-state index in [0.717, 1.165) is 25.9 Å². The maximum Gasteiger partial charge on any atom is 0.251 e. The highest BCUT2D eigenvalue weighted by atomic mass is 16.5. The van der Waals surface area contributed by atoms with Crippen molar-refractivity contribution >= 4 is 11.8 Å². The minimum Gasteiger partial charge on any atom is -0.493 e. The lowest BCUT2D eigenvalue weighted by atomic mass is 10.1. The topological polar surface area (TPSA) is 93.9 Å². The van der Waals surface area contributed by atoms with E-state index in [-0.39, 0.29) is 18.6 Å². The Labute approximate surface area is 148 Å². The summed E-state index contributed by atoms with van der Waals surface area (Å²) in [4.78, 5) is 25.3. The number of carbonyl (C=O) groups excluding carboxylic acids is 2. The summed E-state index contributed by atoms with van der Waals surface area (Å²) in [7, 11) is 1.57. The zero-order chi connectivity index (χ0) is 18.4. The van der Waals surface area contributed by atoms with Gasteiger partial charge in [0.15, 0.2) is 11.5 Å². The van der Waals surface area contributed by atoms with Crippen molar-refractivity contribution < 1.29 is 19.1 Å². The minimum absolute atomic E-state index is 0.0906. The van der Waals surface area contributed by atoms with Crippen LogP contribution in [0.5, 0.6) is 11.5 Å². The number of ether oxygens (including phenoxy) is 2. The van der Waals surface area contributed by atoms with Gasteiger partial charge in [0, 0.05) is 24.7 Å². The number of amides is 2. The summed E-state index contributed by atoms with van der Waals surface area (Å²) in [6.45, 7) is 6.17. The molecule has 25 heavy (non-hydrogen) atoms. The number of rotatable bonds is 7. The first kappa shape index (κ1) is 19.1. The number of nitrogens with zero attached hydrogens (tertiary/aromatic N) is 1. The molecule has 2 rings (SSSR count). The van der Waals surface area contributed by atoms with Crippen LogP contribution in [0.3, 0.4) is 0 Å². The van der Waals surface area contributed by atoms with Crippen molar-refractivity contribution in [2.75, 3.05) is 26.7 Å². The molecule has 1 heterocycles. The van der Waals surface area contributed by atoms with Gasteiger partial charge in [0.05, 0.1) is 13.7 Å². The fraction of sp³-hybridized carbons (Fsp3) is 0.556. The fourth-order valence-electron chi connectivity index (χ4n) is 2.87. The highest BCUT2D eigenvalue weighted by molar-refractivity contribution is 5.96. The number of benzene rings is 1. The maximum atomic E-state index is 12.1. The van der Waals surface area contributed by atoms with Crippen LogP contribution in [-0.4, -0.2) is 55.6 Å². The van der Waals surface area contributed by atoms with Crippen LogP contribution in [0.25, 0.3) is 0 Å². The number of likely N-dealkylation sites (tertiary alicyclic amines) is 1. The van der Waals surface area contributed by atoms with Crippen molar-refractivity contribution in [3.63, 3.8) is 0 Å². The fourth-order valence-corrected chi connectivity index (χ4v) is 2.87. The molecule has 1 aromatic rings. The summed E-state index contributed by atoms with van der Waals surface area (Å²) < 4.78 is 11.4. The van der Waals surface area contributed by atoms with Crippen molar-refractivity contribution in [2.24, 2.45) is 5.73 Å². The molecule has 3 N–H and O–H groups in total. The Morgan fingerprint density at radius 1 is 1.28 bits per heavy atom. The Hall–Kier alpha value is -2.28. The van der Waals surface area contributed by atoms with Crippen LogP contribution in [-0.2, 0) is 4.79 Å². The first-order valence-corrected chi connectivity index (χ1v) is 8.56. The van der Waals surface area contributed by atoms with Gasteiger partial charge in [-0.25, -0.2) is 0 Å². The lowest BCUT2D eigenvalue weighted by Crippen LogP contribution is -2.41. The van der Waals surface area contributed by atoms with Crippen molar-refractivity contribution in [1.82, 2.24) is 10.2 Å². The van der Waals surface area contributed by atoms with Gasteiger partial charge in [0.25, 0.3) is 5.91 Å². The zero-order valence-electron chi connectivity index (χ0n) is 15.1. The number of nitrogens with one attached hydrogen (secondary N) is 1. The zero-order valence-corrected chi connectivity index (χ0v) is 15.1. The van der Waals surface area contributed by atoms with E-state index in [1.54, 1.807) is 25.3 Å². The minimum atomic E-state index is -0.588. The highest BCUT2D eigenvalue weighted by Gasteiger charge is 2.23. The number of hydrogen-bond donors (Lipinski definition) is 2. The second kappa shape index (κ2) is 8.71. The normalized spacial score (nSPS) is 15.8. The molecule has 7 heteroatoms. The lowest BCUT2D eigenvalue weighted by Gasteiger charge is -2.34. The van der Waals surface area contributed by atoms with Gasteiger partial charge >= 0.3 is 0 Å². The number of nitrogens with two attached hydrogens (primary N) is 1. The summed E-state index contributed by atoms with van der Waals surface area (Å²) in [5.74, 6) is 0.158. The molecule has 1 fully saturated rings. The average molecular weight is 349 g/mol. The third-order valence-corrected chi connectivity index (χ3v) is 4.35. The summed E-state index contributed by atoms with van der Waals surface area (Å²) in [5.41, 5.74) is 5.45. The van der Waals surface area contributed by atoms with E-state index in [4.69, 9.17) is 15.2 Å². The summed E-state index contributed by atoms with van der Waals surface area (Å²) in [6.07, 6.45) is 1.95.